The second-order valence-electron chi connectivity index (χ2n) is 10.2. The van der Waals surface area contributed by atoms with Crippen molar-refractivity contribution in [1.29, 1.82) is 0 Å². The summed E-state index contributed by atoms with van der Waals surface area (Å²) in [6, 6.07) is 9.86. The lowest BCUT2D eigenvalue weighted by atomic mass is 10.0. The molecule has 0 bridgehead atoms. The van der Waals surface area contributed by atoms with Crippen molar-refractivity contribution in [3.63, 3.8) is 0 Å². The van der Waals surface area contributed by atoms with Crippen LogP contribution in [0.3, 0.4) is 0 Å². The molecule has 0 saturated carbocycles. The number of nitrogens with one attached hydrogen (secondary N) is 2. The number of hydrogen-bond donors (Lipinski definition) is 2. The lowest BCUT2D eigenvalue weighted by Crippen LogP contribution is -2.36. The number of morpholine rings is 1. The van der Waals surface area contributed by atoms with Gasteiger partial charge in [-0.1, -0.05) is 23.4 Å². The van der Waals surface area contributed by atoms with Gasteiger partial charge in [0.05, 0.1) is 18.8 Å². The van der Waals surface area contributed by atoms with E-state index in [0.29, 0.717) is 55.5 Å². The fourth-order valence-corrected chi connectivity index (χ4v) is 4.72. The number of nitrogens with zero attached hydrogens (tertiary/aromatic N) is 3. The fraction of sp³-hybridized carbons (Fsp3) is 0.300. The number of aromatic nitrogens is 1. The highest BCUT2D eigenvalue weighted by molar-refractivity contribution is 6.05. The molecule has 2 aromatic carbocycles. The number of carbonyl (C=O) groups excluding carboxylic acids is 2. The van der Waals surface area contributed by atoms with Crippen LogP contribution in [0, 0.1) is 6.92 Å². The summed E-state index contributed by atoms with van der Waals surface area (Å²) in [5.41, 5.74) is 2.32. The Kier molecular flexibility index (Phi) is 8.34. The van der Waals surface area contributed by atoms with Gasteiger partial charge in [0.1, 0.15) is 5.69 Å². The van der Waals surface area contributed by atoms with Crippen molar-refractivity contribution >= 4 is 23.2 Å². The molecule has 5 rings (SSSR count). The van der Waals surface area contributed by atoms with E-state index in [1.54, 1.807) is 23.1 Å². The number of rotatable bonds is 7. The average Bonchev–Trinajstić information content (AvgIpc) is 3.47. The number of anilines is 2. The molecule has 2 amide bonds. The van der Waals surface area contributed by atoms with E-state index in [0.717, 1.165) is 29.8 Å². The number of halogens is 3. The molecule has 2 aliphatic heterocycles. The molecule has 3 heterocycles. The molecule has 1 aromatic heterocycles. The van der Waals surface area contributed by atoms with E-state index in [1.807, 2.05) is 37.2 Å². The van der Waals surface area contributed by atoms with Gasteiger partial charge in [0.15, 0.2) is 0 Å². The van der Waals surface area contributed by atoms with Gasteiger partial charge in [-0.25, -0.2) is 0 Å². The Hall–Kier alpha value is -4.58. The molecule has 1 saturated heterocycles. The van der Waals surface area contributed by atoms with Gasteiger partial charge in [-0.15, -0.1) is 0 Å². The predicted octanol–water partition coefficient (Wildman–Crippen LogP) is 4.87. The van der Waals surface area contributed by atoms with Gasteiger partial charge in [0.2, 0.25) is 5.76 Å². The molecule has 1 fully saturated rings. The van der Waals surface area contributed by atoms with Crippen LogP contribution in [0.2, 0.25) is 0 Å². The van der Waals surface area contributed by atoms with E-state index in [2.05, 4.69) is 15.8 Å². The summed E-state index contributed by atoms with van der Waals surface area (Å²) >= 11 is 0. The van der Waals surface area contributed by atoms with Crippen LogP contribution >= 0.6 is 0 Å². The molecule has 0 spiro atoms. The molecular weight excluding hydrogens is 551 g/mol. The molecule has 3 aromatic rings. The van der Waals surface area contributed by atoms with E-state index in [1.165, 1.54) is 12.1 Å². The number of hydrogen-bond acceptors (Lipinski definition) is 7. The molecule has 2 aliphatic rings. The zero-order valence-corrected chi connectivity index (χ0v) is 23.1. The highest BCUT2D eigenvalue weighted by Crippen LogP contribution is 2.34. The molecular formula is C30H30F3N5O4. The fourth-order valence-electron chi connectivity index (χ4n) is 4.72. The Labute approximate surface area is 240 Å². The normalized spacial score (nSPS) is 15.4. The van der Waals surface area contributed by atoms with Crippen molar-refractivity contribution in [3.8, 4) is 11.3 Å². The van der Waals surface area contributed by atoms with Crippen molar-refractivity contribution in [2.45, 2.75) is 13.1 Å². The number of aryl methyl sites for hydroxylation is 1. The predicted molar refractivity (Wildman–Crippen MR) is 151 cm³/mol. The topological polar surface area (TPSA) is 99.9 Å². The molecule has 9 nitrogen and oxygen atoms in total. The van der Waals surface area contributed by atoms with Gasteiger partial charge in [-0.2, -0.15) is 13.2 Å². The van der Waals surface area contributed by atoms with Crippen molar-refractivity contribution in [1.82, 2.24) is 15.4 Å². The molecule has 0 unspecified atom stereocenters. The molecule has 0 radical (unpaired) electrons. The third-order valence-corrected chi connectivity index (χ3v) is 6.95. The highest BCUT2D eigenvalue weighted by atomic mass is 19.4. The molecule has 0 aliphatic carbocycles. The standard InChI is InChI=1S/C30H30F3N5O4/c1-19-5-6-23(15-25(19)26-16-27(42-36-26)29(40)34-17-20-4-3-7-37(2)18-20)35-28(39)21-12-22(30(31,32)33)14-24(13-21)38-8-10-41-11-9-38/h3-6,12-16,18H,7-11,17H2,1-2H3,(H,34,40)(H,35,39). The zero-order chi connectivity index (χ0) is 29.9. The first-order valence-electron chi connectivity index (χ1n) is 13.4. The van der Waals surface area contributed by atoms with Crippen LogP contribution in [0.4, 0.5) is 24.5 Å². The molecule has 12 heteroatoms. The number of alkyl halides is 3. The summed E-state index contributed by atoms with van der Waals surface area (Å²) in [5.74, 6) is -1.10. The Morgan fingerprint density at radius 2 is 1.83 bits per heavy atom. The van der Waals surface area contributed by atoms with Crippen LogP contribution in [0.15, 0.2) is 70.9 Å². The maximum Gasteiger partial charge on any atom is 0.416 e. The first-order chi connectivity index (χ1) is 20.1. The third kappa shape index (κ3) is 6.82. The summed E-state index contributed by atoms with van der Waals surface area (Å²) in [6.45, 7) is 4.58. The number of likely N-dealkylation sites (N-methyl/N-ethyl adjacent to an activating group) is 1. The van der Waals surface area contributed by atoms with Crippen molar-refractivity contribution < 1.29 is 32.0 Å². The summed E-state index contributed by atoms with van der Waals surface area (Å²) in [6.07, 6.45) is 1.26. The zero-order valence-electron chi connectivity index (χ0n) is 23.1. The quantitative estimate of drug-likeness (QED) is 0.411. The van der Waals surface area contributed by atoms with Crippen LogP contribution in [0.1, 0.15) is 32.0 Å². The van der Waals surface area contributed by atoms with E-state index in [4.69, 9.17) is 9.26 Å². The lowest BCUT2D eigenvalue weighted by molar-refractivity contribution is -0.137. The Balaban J connectivity index is 1.32. The monoisotopic (exact) mass is 581 g/mol. The summed E-state index contributed by atoms with van der Waals surface area (Å²) in [5, 5.41) is 9.52. The van der Waals surface area contributed by atoms with E-state index < -0.39 is 23.6 Å². The molecule has 2 N–H and O–H groups in total. The molecule has 0 atom stereocenters. The van der Waals surface area contributed by atoms with Crippen LogP contribution < -0.4 is 15.5 Å². The van der Waals surface area contributed by atoms with E-state index in [9.17, 15) is 22.8 Å². The number of amides is 2. The summed E-state index contributed by atoms with van der Waals surface area (Å²) in [7, 11) is 1.94. The van der Waals surface area contributed by atoms with Gasteiger partial charge in [-0.05, 0) is 48.4 Å². The van der Waals surface area contributed by atoms with Crippen molar-refractivity contribution in [2.75, 3.05) is 56.7 Å². The average molecular weight is 582 g/mol. The van der Waals surface area contributed by atoms with Crippen molar-refractivity contribution in [2.24, 2.45) is 0 Å². The maximum absolute atomic E-state index is 13.7. The smallest absolute Gasteiger partial charge is 0.378 e. The second kappa shape index (κ2) is 12.1. The Morgan fingerprint density at radius 1 is 1.05 bits per heavy atom. The number of benzene rings is 2. The minimum absolute atomic E-state index is 0.0205. The molecule has 42 heavy (non-hydrogen) atoms. The van der Waals surface area contributed by atoms with Crippen LogP contribution in [-0.2, 0) is 10.9 Å². The first kappa shape index (κ1) is 28.9. The minimum Gasteiger partial charge on any atom is -0.378 e. The Morgan fingerprint density at radius 3 is 2.57 bits per heavy atom. The second-order valence-corrected chi connectivity index (χ2v) is 10.2. The lowest BCUT2D eigenvalue weighted by Gasteiger charge is -2.29. The maximum atomic E-state index is 13.7. The Bertz CT molecular complexity index is 1540. The van der Waals surface area contributed by atoms with Crippen molar-refractivity contribution in [3.05, 3.63) is 88.8 Å². The largest absolute Gasteiger partial charge is 0.416 e. The number of carbonyl (C=O) groups is 2. The number of ether oxygens (including phenoxy) is 1. The van der Waals surface area contributed by atoms with Crippen LogP contribution in [0.25, 0.3) is 11.3 Å². The van der Waals surface area contributed by atoms with Gasteiger partial charge < -0.3 is 29.7 Å². The SMILES string of the molecule is Cc1ccc(NC(=O)c2cc(N3CCOCC3)cc(C(F)(F)F)c2)cc1-c1cc(C(=O)NCC2=CN(C)CC=C2)on1. The van der Waals surface area contributed by atoms with Gasteiger partial charge >= 0.3 is 6.18 Å². The van der Waals surface area contributed by atoms with Gasteiger partial charge in [0, 0.05) is 68.0 Å². The molecule has 220 valence electrons. The van der Waals surface area contributed by atoms with Crippen LogP contribution in [-0.4, -0.2) is 68.3 Å². The minimum atomic E-state index is -4.62. The van der Waals surface area contributed by atoms with Crippen LogP contribution in [0.5, 0.6) is 0 Å². The van der Waals surface area contributed by atoms with E-state index >= 15 is 0 Å². The van der Waals surface area contributed by atoms with Gasteiger partial charge in [-0.3, -0.25) is 9.59 Å². The third-order valence-electron chi connectivity index (χ3n) is 6.95. The van der Waals surface area contributed by atoms with Gasteiger partial charge in [0.25, 0.3) is 11.8 Å². The van der Waals surface area contributed by atoms with E-state index in [-0.39, 0.29) is 11.3 Å². The first-order valence-corrected chi connectivity index (χ1v) is 13.4. The highest BCUT2D eigenvalue weighted by Gasteiger charge is 2.32. The summed E-state index contributed by atoms with van der Waals surface area (Å²) < 4.78 is 51.6. The summed E-state index contributed by atoms with van der Waals surface area (Å²) in [4.78, 5) is 29.6.